The van der Waals surface area contributed by atoms with Crippen LogP contribution in [0.5, 0.6) is 0 Å². The molecule has 2 atom stereocenters. The molecule has 4 aliphatic rings. The number of hydrogen-bond acceptors (Lipinski definition) is 1. The predicted octanol–water partition coefficient (Wildman–Crippen LogP) is 2.92. The van der Waals surface area contributed by atoms with Crippen LogP contribution in [0.2, 0.25) is 0 Å². The van der Waals surface area contributed by atoms with E-state index < -0.39 is 5.97 Å². The Kier molecular flexibility index (Phi) is 1.67. The lowest BCUT2D eigenvalue weighted by Gasteiger charge is -2.63. The van der Waals surface area contributed by atoms with E-state index in [2.05, 4.69) is 13.8 Å². The van der Waals surface area contributed by atoms with Crippen molar-refractivity contribution in [2.75, 3.05) is 0 Å². The van der Waals surface area contributed by atoms with Crippen molar-refractivity contribution in [1.82, 2.24) is 0 Å². The van der Waals surface area contributed by atoms with E-state index in [1.54, 1.807) is 0 Å². The number of aliphatic carboxylic acids is 1. The quantitative estimate of drug-likeness (QED) is 0.719. The Balaban J connectivity index is 2.08. The molecule has 1 N–H and O–H groups in total. The summed E-state index contributed by atoms with van der Waals surface area (Å²) >= 11 is 0. The van der Waals surface area contributed by atoms with Crippen LogP contribution in [-0.2, 0) is 4.79 Å². The van der Waals surface area contributed by atoms with Gasteiger partial charge < -0.3 is 5.11 Å². The zero-order valence-corrected chi connectivity index (χ0v) is 9.62. The first-order valence-electron chi connectivity index (χ1n) is 6.19. The summed E-state index contributed by atoms with van der Waals surface area (Å²) in [5, 5.41) is 9.61. The molecule has 4 rings (SSSR count). The first kappa shape index (κ1) is 9.68. The molecule has 4 aliphatic carbocycles. The van der Waals surface area contributed by atoms with Crippen LogP contribution in [0.3, 0.4) is 0 Å². The minimum Gasteiger partial charge on any atom is -0.481 e. The summed E-state index contributed by atoms with van der Waals surface area (Å²) in [6, 6.07) is 0. The van der Waals surface area contributed by atoms with Gasteiger partial charge in [-0.3, -0.25) is 4.79 Å². The number of carboxylic acid groups (broad SMARTS) is 1. The second-order valence-corrected chi connectivity index (χ2v) is 6.65. The van der Waals surface area contributed by atoms with Crippen molar-refractivity contribution in [1.29, 1.82) is 0 Å². The number of hydrogen-bond donors (Lipinski definition) is 1. The van der Waals surface area contributed by atoms with Gasteiger partial charge in [-0.1, -0.05) is 13.8 Å². The van der Waals surface area contributed by atoms with Crippen molar-refractivity contribution in [3.8, 4) is 0 Å². The van der Waals surface area contributed by atoms with Gasteiger partial charge in [0.1, 0.15) is 0 Å². The minimum absolute atomic E-state index is 0.0201. The van der Waals surface area contributed by atoms with E-state index in [4.69, 9.17) is 0 Å². The molecule has 2 heteroatoms. The van der Waals surface area contributed by atoms with Crippen molar-refractivity contribution in [2.24, 2.45) is 28.6 Å². The Labute approximate surface area is 91.1 Å². The third-order valence-corrected chi connectivity index (χ3v) is 5.84. The van der Waals surface area contributed by atoms with E-state index >= 15 is 0 Å². The Hall–Kier alpha value is -0.530. The molecule has 0 aromatic heterocycles. The predicted molar refractivity (Wildman–Crippen MR) is 57.4 cm³/mol. The van der Waals surface area contributed by atoms with Gasteiger partial charge in [0.15, 0.2) is 0 Å². The molecule has 0 heterocycles. The maximum absolute atomic E-state index is 11.7. The van der Waals surface area contributed by atoms with Crippen LogP contribution in [-0.4, -0.2) is 11.1 Å². The van der Waals surface area contributed by atoms with Crippen molar-refractivity contribution in [2.45, 2.75) is 46.0 Å². The highest BCUT2D eigenvalue weighted by Crippen LogP contribution is 2.68. The van der Waals surface area contributed by atoms with Crippen LogP contribution in [0, 0.1) is 28.6 Å². The molecule has 2 unspecified atom stereocenters. The summed E-state index contributed by atoms with van der Waals surface area (Å²) in [6.45, 7) is 4.40. The van der Waals surface area contributed by atoms with Crippen molar-refractivity contribution in [3.05, 3.63) is 0 Å². The molecule has 4 saturated carbocycles. The van der Waals surface area contributed by atoms with Crippen molar-refractivity contribution >= 4 is 5.97 Å². The average molecular weight is 208 g/mol. The first-order chi connectivity index (χ1) is 6.96. The van der Waals surface area contributed by atoms with Gasteiger partial charge in [-0.2, -0.15) is 0 Å². The molecule has 84 valence electrons. The molecule has 0 amide bonds. The van der Waals surface area contributed by atoms with Gasteiger partial charge in [0.05, 0.1) is 5.41 Å². The van der Waals surface area contributed by atoms with E-state index in [1.165, 1.54) is 19.3 Å². The number of rotatable bonds is 1. The summed E-state index contributed by atoms with van der Waals surface area (Å²) in [7, 11) is 0. The average Bonchev–Trinajstić information content (AvgIpc) is 2.13. The zero-order chi connectivity index (χ0) is 10.8. The fourth-order valence-electron chi connectivity index (χ4n) is 4.92. The molecule has 0 spiro atoms. The largest absolute Gasteiger partial charge is 0.481 e. The van der Waals surface area contributed by atoms with Gasteiger partial charge in [0.2, 0.25) is 0 Å². The van der Waals surface area contributed by atoms with E-state index in [-0.39, 0.29) is 10.8 Å². The maximum atomic E-state index is 11.7. The van der Waals surface area contributed by atoms with Gasteiger partial charge in [-0.25, -0.2) is 0 Å². The van der Waals surface area contributed by atoms with Crippen LogP contribution in [0.15, 0.2) is 0 Å². The van der Waals surface area contributed by atoms with Crippen LogP contribution in [0.4, 0.5) is 0 Å². The minimum atomic E-state index is -0.522. The second kappa shape index (κ2) is 2.58. The number of carboxylic acids is 1. The third kappa shape index (κ3) is 0.982. The summed E-state index contributed by atoms with van der Waals surface area (Å²) in [4.78, 5) is 11.7. The molecule has 0 aromatic carbocycles. The van der Waals surface area contributed by atoms with Crippen molar-refractivity contribution < 1.29 is 9.90 Å². The SMILES string of the molecule is CC1(C)C2CC3CC(C2)CC1(C(=O)O)C3. The molecule has 4 fully saturated rings. The van der Waals surface area contributed by atoms with Crippen LogP contribution < -0.4 is 0 Å². The van der Waals surface area contributed by atoms with Gasteiger partial charge >= 0.3 is 5.97 Å². The van der Waals surface area contributed by atoms with Gasteiger partial charge in [-0.05, 0) is 55.3 Å². The molecule has 0 radical (unpaired) electrons. The summed E-state index contributed by atoms with van der Waals surface area (Å²) in [5.41, 5.74) is -0.367. The van der Waals surface area contributed by atoms with Gasteiger partial charge in [0.25, 0.3) is 0 Å². The lowest BCUT2D eigenvalue weighted by Crippen LogP contribution is -2.60. The third-order valence-electron chi connectivity index (χ3n) is 5.84. The van der Waals surface area contributed by atoms with E-state index in [9.17, 15) is 9.90 Å². The summed E-state index contributed by atoms with van der Waals surface area (Å²) in [5.74, 6) is 1.57. The Morgan fingerprint density at radius 1 is 1.13 bits per heavy atom. The summed E-state index contributed by atoms with van der Waals surface area (Å²) < 4.78 is 0. The monoisotopic (exact) mass is 208 g/mol. The second-order valence-electron chi connectivity index (χ2n) is 6.65. The fraction of sp³-hybridized carbons (Fsp3) is 0.923. The summed E-state index contributed by atoms with van der Waals surface area (Å²) in [6.07, 6.45) is 5.78. The highest BCUT2D eigenvalue weighted by atomic mass is 16.4. The topological polar surface area (TPSA) is 37.3 Å². The molecular formula is C13H20O2. The highest BCUT2D eigenvalue weighted by molar-refractivity contribution is 5.76. The van der Waals surface area contributed by atoms with E-state index in [0.717, 1.165) is 12.8 Å². The zero-order valence-electron chi connectivity index (χ0n) is 9.62. The molecule has 15 heavy (non-hydrogen) atoms. The van der Waals surface area contributed by atoms with Crippen molar-refractivity contribution in [3.63, 3.8) is 0 Å². The van der Waals surface area contributed by atoms with E-state index in [1.807, 2.05) is 0 Å². The Morgan fingerprint density at radius 2 is 1.67 bits per heavy atom. The van der Waals surface area contributed by atoms with Crippen LogP contribution in [0.1, 0.15) is 46.0 Å². The molecule has 4 bridgehead atoms. The maximum Gasteiger partial charge on any atom is 0.310 e. The normalized spacial score (nSPS) is 50.7. The molecule has 0 aromatic rings. The molecule has 0 aliphatic heterocycles. The fourth-order valence-corrected chi connectivity index (χ4v) is 4.92. The lowest BCUT2D eigenvalue weighted by atomic mass is 9.40. The van der Waals surface area contributed by atoms with Gasteiger partial charge in [0, 0.05) is 0 Å². The standard InChI is InChI=1S/C13H20O2/c1-12(2)10-4-8-3-9(5-10)7-13(12,6-8)11(14)15/h8-10H,3-7H2,1-2H3,(H,14,15). The molecular weight excluding hydrogens is 188 g/mol. The number of carbonyl (C=O) groups is 1. The first-order valence-corrected chi connectivity index (χ1v) is 6.19. The van der Waals surface area contributed by atoms with E-state index in [0.29, 0.717) is 17.8 Å². The lowest BCUT2D eigenvalue weighted by molar-refractivity contribution is -0.196. The molecule has 0 saturated heterocycles. The Morgan fingerprint density at radius 3 is 2.13 bits per heavy atom. The molecule has 2 nitrogen and oxygen atoms in total. The Bertz CT molecular complexity index is 304. The van der Waals surface area contributed by atoms with Crippen LogP contribution in [0.25, 0.3) is 0 Å². The smallest absolute Gasteiger partial charge is 0.310 e. The van der Waals surface area contributed by atoms with Gasteiger partial charge in [-0.15, -0.1) is 0 Å². The highest BCUT2D eigenvalue weighted by Gasteiger charge is 2.64. The van der Waals surface area contributed by atoms with Crippen LogP contribution >= 0.6 is 0 Å².